The van der Waals surface area contributed by atoms with E-state index in [9.17, 15) is 0 Å². The van der Waals surface area contributed by atoms with Gasteiger partial charge in [0.25, 0.3) is 0 Å². The Labute approximate surface area is 113 Å². The van der Waals surface area contributed by atoms with E-state index in [1.54, 1.807) is 0 Å². The summed E-state index contributed by atoms with van der Waals surface area (Å²) < 4.78 is 0. The summed E-state index contributed by atoms with van der Waals surface area (Å²) in [7, 11) is 0. The zero-order chi connectivity index (χ0) is 14.1. The lowest BCUT2D eigenvalue weighted by atomic mass is 10.2. The molecule has 0 atom stereocenters. The maximum Gasteiger partial charge on any atom is 0.126 e. The molecule has 0 aliphatic carbocycles. The molecule has 0 aromatic heterocycles. The SMILES string of the molecule is CCCCNC(C)(C)N=NC(C)(C)NCCCC. The molecule has 2 N–H and O–H groups in total. The van der Waals surface area contributed by atoms with Crippen LogP contribution in [0.4, 0.5) is 0 Å². The lowest BCUT2D eigenvalue weighted by Crippen LogP contribution is -2.41. The zero-order valence-electron chi connectivity index (χ0n) is 13.1. The van der Waals surface area contributed by atoms with Crippen molar-refractivity contribution in [3.8, 4) is 0 Å². The Balaban J connectivity index is 4.14. The number of unbranched alkanes of at least 4 members (excludes halogenated alkanes) is 2. The summed E-state index contributed by atoms with van der Waals surface area (Å²) in [5.74, 6) is 0. The molecular weight excluding hydrogens is 224 g/mol. The molecule has 4 heteroatoms. The number of rotatable bonds is 10. The zero-order valence-corrected chi connectivity index (χ0v) is 13.1. The highest BCUT2D eigenvalue weighted by atomic mass is 15.3. The van der Waals surface area contributed by atoms with Gasteiger partial charge in [-0.05, 0) is 53.6 Å². The highest BCUT2D eigenvalue weighted by molar-refractivity contribution is 4.77. The van der Waals surface area contributed by atoms with E-state index >= 15 is 0 Å². The number of azo groups is 1. The Bertz CT molecular complexity index is 210. The van der Waals surface area contributed by atoms with Crippen molar-refractivity contribution >= 4 is 0 Å². The quantitative estimate of drug-likeness (QED) is 0.462. The van der Waals surface area contributed by atoms with Crippen molar-refractivity contribution in [2.75, 3.05) is 13.1 Å². The predicted octanol–water partition coefficient (Wildman–Crippen LogP) is 3.69. The molecular formula is C14H32N4. The van der Waals surface area contributed by atoms with Crippen molar-refractivity contribution in [1.29, 1.82) is 0 Å². The van der Waals surface area contributed by atoms with Crippen molar-refractivity contribution in [3.63, 3.8) is 0 Å². The standard InChI is InChI=1S/C14H32N4/c1-7-9-11-15-13(3,4)17-18-14(5,6)16-12-10-8-2/h15-16H,7-12H2,1-6H3. The smallest absolute Gasteiger partial charge is 0.126 e. The summed E-state index contributed by atoms with van der Waals surface area (Å²) in [5.41, 5.74) is -0.558. The van der Waals surface area contributed by atoms with E-state index < -0.39 is 0 Å². The number of hydrogen-bond donors (Lipinski definition) is 2. The fraction of sp³-hybridized carbons (Fsp3) is 1.00. The van der Waals surface area contributed by atoms with E-state index in [1.807, 2.05) is 0 Å². The first-order valence-electron chi connectivity index (χ1n) is 7.27. The van der Waals surface area contributed by atoms with Crippen LogP contribution in [0.1, 0.15) is 67.2 Å². The number of nitrogens with one attached hydrogen (secondary N) is 2. The van der Waals surface area contributed by atoms with Crippen LogP contribution in [0.2, 0.25) is 0 Å². The molecule has 0 aliphatic heterocycles. The van der Waals surface area contributed by atoms with Crippen LogP contribution in [-0.2, 0) is 0 Å². The molecule has 0 bridgehead atoms. The second-order valence-corrected chi connectivity index (χ2v) is 5.88. The molecule has 0 aliphatic rings. The van der Waals surface area contributed by atoms with Crippen LogP contribution in [0.5, 0.6) is 0 Å². The van der Waals surface area contributed by atoms with Gasteiger partial charge >= 0.3 is 0 Å². The molecule has 0 spiro atoms. The van der Waals surface area contributed by atoms with Crippen LogP contribution in [-0.4, -0.2) is 24.4 Å². The molecule has 0 heterocycles. The van der Waals surface area contributed by atoms with Crippen molar-refractivity contribution in [3.05, 3.63) is 0 Å². The van der Waals surface area contributed by atoms with Crippen molar-refractivity contribution in [2.24, 2.45) is 10.2 Å². The molecule has 0 aromatic carbocycles. The molecule has 0 fully saturated rings. The van der Waals surface area contributed by atoms with Gasteiger partial charge in [0.15, 0.2) is 0 Å². The molecule has 0 aromatic rings. The average molecular weight is 256 g/mol. The van der Waals surface area contributed by atoms with Crippen LogP contribution in [0, 0.1) is 0 Å². The minimum Gasteiger partial charge on any atom is -0.292 e. The Morgan fingerprint density at radius 1 is 0.722 bits per heavy atom. The van der Waals surface area contributed by atoms with Crippen LogP contribution in [0.15, 0.2) is 10.2 Å². The van der Waals surface area contributed by atoms with Crippen LogP contribution in [0.3, 0.4) is 0 Å². The van der Waals surface area contributed by atoms with Gasteiger partial charge in [0.2, 0.25) is 0 Å². The Kier molecular flexibility index (Phi) is 8.36. The Morgan fingerprint density at radius 3 is 1.33 bits per heavy atom. The van der Waals surface area contributed by atoms with Gasteiger partial charge < -0.3 is 0 Å². The molecule has 0 rings (SSSR count). The van der Waals surface area contributed by atoms with Gasteiger partial charge in [0.1, 0.15) is 11.3 Å². The van der Waals surface area contributed by atoms with E-state index in [0.29, 0.717) is 0 Å². The third-order valence-electron chi connectivity index (χ3n) is 2.73. The molecule has 0 radical (unpaired) electrons. The first-order chi connectivity index (χ1) is 8.33. The number of hydrogen-bond acceptors (Lipinski definition) is 4. The summed E-state index contributed by atoms with van der Waals surface area (Å²) in [6, 6.07) is 0. The highest BCUT2D eigenvalue weighted by Gasteiger charge is 2.19. The van der Waals surface area contributed by atoms with Crippen molar-refractivity contribution in [2.45, 2.75) is 78.6 Å². The third kappa shape index (κ3) is 9.54. The first kappa shape index (κ1) is 17.5. The third-order valence-corrected chi connectivity index (χ3v) is 2.73. The molecule has 108 valence electrons. The minimum absolute atomic E-state index is 0.279. The van der Waals surface area contributed by atoms with Crippen LogP contribution in [0.25, 0.3) is 0 Å². The lowest BCUT2D eigenvalue weighted by molar-refractivity contribution is 0.325. The lowest BCUT2D eigenvalue weighted by Gasteiger charge is -2.25. The summed E-state index contributed by atoms with van der Waals surface area (Å²) in [6.07, 6.45) is 4.75. The summed E-state index contributed by atoms with van der Waals surface area (Å²) in [4.78, 5) is 0. The van der Waals surface area contributed by atoms with Gasteiger partial charge in [-0.15, -0.1) is 0 Å². The average Bonchev–Trinajstić information content (AvgIpc) is 2.27. The van der Waals surface area contributed by atoms with Gasteiger partial charge in [0, 0.05) is 0 Å². The van der Waals surface area contributed by atoms with Crippen molar-refractivity contribution < 1.29 is 0 Å². The van der Waals surface area contributed by atoms with Gasteiger partial charge in [0.05, 0.1) is 0 Å². The van der Waals surface area contributed by atoms with E-state index in [4.69, 9.17) is 0 Å². The molecule has 0 saturated heterocycles. The molecule has 0 unspecified atom stereocenters. The van der Waals surface area contributed by atoms with E-state index in [0.717, 1.165) is 13.1 Å². The Morgan fingerprint density at radius 2 is 1.06 bits per heavy atom. The molecule has 4 nitrogen and oxygen atoms in total. The van der Waals surface area contributed by atoms with Crippen molar-refractivity contribution in [1.82, 2.24) is 10.6 Å². The maximum atomic E-state index is 4.43. The second kappa shape index (κ2) is 8.59. The normalized spacial score (nSPS) is 13.4. The number of nitrogens with zero attached hydrogens (tertiary/aromatic N) is 2. The fourth-order valence-corrected chi connectivity index (χ4v) is 1.46. The summed E-state index contributed by atoms with van der Waals surface area (Å²) in [5, 5.41) is 15.7. The van der Waals surface area contributed by atoms with E-state index in [2.05, 4.69) is 62.4 Å². The van der Waals surface area contributed by atoms with Gasteiger partial charge in [-0.25, -0.2) is 0 Å². The highest BCUT2D eigenvalue weighted by Crippen LogP contribution is 2.11. The summed E-state index contributed by atoms with van der Waals surface area (Å²) >= 11 is 0. The monoisotopic (exact) mass is 256 g/mol. The van der Waals surface area contributed by atoms with Gasteiger partial charge in [-0.3, -0.25) is 10.6 Å². The fourth-order valence-electron chi connectivity index (χ4n) is 1.46. The molecule has 18 heavy (non-hydrogen) atoms. The van der Waals surface area contributed by atoms with Crippen LogP contribution >= 0.6 is 0 Å². The largest absolute Gasteiger partial charge is 0.292 e. The minimum atomic E-state index is -0.279. The Hall–Kier alpha value is -0.480. The summed E-state index contributed by atoms with van der Waals surface area (Å²) in [6.45, 7) is 14.6. The van der Waals surface area contributed by atoms with Crippen LogP contribution < -0.4 is 10.6 Å². The topological polar surface area (TPSA) is 48.8 Å². The molecule has 0 saturated carbocycles. The van der Waals surface area contributed by atoms with E-state index in [-0.39, 0.29) is 11.3 Å². The predicted molar refractivity (Wildman–Crippen MR) is 78.8 cm³/mol. The molecule has 0 amide bonds. The van der Waals surface area contributed by atoms with E-state index in [1.165, 1.54) is 25.7 Å². The second-order valence-electron chi connectivity index (χ2n) is 5.88. The maximum absolute atomic E-state index is 4.43. The first-order valence-corrected chi connectivity index (χ1v) is 7.27. The van der Waals surface area contributed by atoms with Gasteiger partial charge in [-0.1, -0.05) is 26.7 Å². The van der Waals surface area contributed by atoms with Gasteiger partial charge in [-0.2, -0.15) is 10.2 Å².